The van der Waals surface area contributed by atoms with Crippen molar-refractivity contribution in [2.45, 2.75) is 38.6 Å². The number of hydrogen-bond donors (Lipinski definition) is 1. The number of nitrogens with one attached hydrogen (secondary N) is 1. The van der Waals surface area contributed by atoms with Crippen LogP contribution in [0.2, 0.25) is 0 Å². The third-order valence-corrected chi connectivity index (χ3v) is 4.37. The molecule has 26 heavy (non-hydrogen) atoms. The average molecular weight is 363 g/mol. The highest BCUT2D eigenvalue weighted by atomic mass is 19.4. The predicted molar refractivity (Wildman–Crippen MR) is 91.8 cm³/mol. The molecule has 0 heterocycles. The molecule has 0 spiro atoms. The first-order valence-electron chi connectivity index (χ1n) is 8.53. The maximum atomic E-state index is 12.3. The number of alkyl halides is 3. The van der Waals surface area contributed by atoms with Crippen LogP contribution in [0.5, 0.6) is 0 Å². The van der Waals surface area contributed by atoms with Crippen molar-refractivity contribution in [3.63, 3.8) is 0 Å². The minimum Gasteiger partial charge on any atom is -0.367 e. The van der Waals surface area contributed by atoms with E-state index in [0.29, 0.717) is 17.7 Å². The molecular weight excluding hydrogens is 343 g/mol. The van der Waals surface area contributed by atoms with Crippen molar-refractivity contribution in [1.82, 2.24) is 5.32 Å². The summed E-state index contributed by atoms with van der Waals surface area (Å²) in [4.78, 5) is 12.3. The molecule has 2 aromatic rings. The number of fused-ring (bicyclic) bond motifs is 1. The second-order valence-corrected chi connectivity index (χ2v) is 6.44. The molecular formula is C20H20F3NO2. The van der Waals surface area contributed by atoms with E-state index in [4.69, 9.17) is 0 Å². The highest BCUT2D eigenvalue weighted by molar-refractivity contribution is 5.94. The Labute approximate surface area is 150 Å². The van der Waals surface area contributed by atoms with Gasteiger partial charge in [-0.05, 0) is 53.6 Å². The number of ether oxygens (including phenoxy) is 1. The fourth-order valence-electron chi connectivity index (χ4n) is 3.04. The van der Waals surface area contributed by atoms with Gasteiger partial charge in [-0.15, -0.1) is 0 Å². The molecule has 0 saturated heterocycles. The van der Waals surface area contributed by atoms with E-state index in [1.54, 1.807) is 24.3 Å². The van der Waals surface area contributed by atoms with E-state index in [9.17, 15) is 18.0 Å². The third kappa shape index (κ3) is 5.08. The highest BCUT2D eigenvalue weighted by Crippen LogP contribution is 2.22. The monoisotopic (exact) mass is 363 g/mol. The molecule has 0 atom stereocenters. The Balaban J connectivity index is 1.49. The number of rotatable bonds is 6. The lowest BCUT2D eigenvalue weighted by Gasteiger charge is -2.09. The molecule has 6 heteroatoms. The molecule has 0 bridgehead atoms. The Bertz CT molecular complexity index is 770. The fourth-order valence-corrected chi connectivity index (χ4v) is 3.04. The molecule has 138 valence electrons. The van der Waals surface area contributed by atoms with Crippen LogP contribution in [0.25, 0.3) is 0 Å². The van der Waals surface area contributed by atoms with Crippen LogP contribution in [0.4, 0.5) is 13.2 Å². The summed E-state index contributed by atoms with van der Waals surface area (Å²) in [6, 6.07) is 12.8. The Morgan fingerprint density at radius 3 is 2.42 bits per heavy atom. The van der Waals surface area contributed by atoms with Crippen molar-refractivity contribution in [3.05, 3.63) is 70.3 Å². The number of hydrogen-bond acceptors (Lipinski definition) is 2. The molecule has 2 aromatic carbocycles. The zero-order valence-electron chi connectivity index (χ0n) is 14.2. The molecule has 3 rings (SSSR count). The van der Waals surface area contributed by atoms with Gasteiger partial charge in [-0.3, -0.25) is 4.79 Å². The molecule has 0 saturated carbocycles. The van der Waals surface area contributed by atoms with E-state index in [-0.39, 0.29) is 12.5 Å². The molecule has 0 aliphatic heterocycles. The largest absolute Gasteiger partial charge is 0.411 e. The third-order valence-electron chi connectivity index (χ3n) is 4.37. The summed E-state index contributed by atoms with van der Waals surface area (Å²) in [7, 11) is 0. The Hall–Kier alpha value is -2.34. The van der Waals surface area contributed by atoms with Crippen molar-refractivity contribution >= 4 is 5.91 Å². The maximum absolute atomic E-state index is 12.3. The topological polar surface area (TPSA) is 38.3 Å². The standard InChI is InChI=1S/C20H20F3NO2/c21-20(22,23)13-26-12-15-6-4-14(5-7-15)11-24-19(25)18-9-8-16-2-1-3-17(16)10-18/h4-10H,1-3,11-13H2,(H,24,25). The zero-order chi connectivity index (χ0) is 18.6. The fraction of sp³-hybridized carbons (Fsp3) is 0.350. The smallest absolute Gasteiger partial charge is 0.367 e. The molecule has 1 amide bonds. The second kappa shape index (κ2) is 7.91. The van der Waals surface area contributed by atoms with Gasteiger partial charge in [-0.1, -0.05) is 30.3 Å². The molecule has 0 fully saturated rings. The van der Waals surface area contributed by atoms with E-state index in [0.717, 1.165) is 24.8 Å². The van der Waals surface area contributed by atoms with Gasteiger partial charge in [0.2, 0.25) is 0 Å². The lowest BCUT2D eigenvalue weighted by atomic mass is 10.1. The summed E-state index contributed by atoms with van der Waals surface area (Å²) in [5.41, 5.74) is 4.76. The normalized spacial score (nSPS) is 13.5. The summed E-state index contributed by atoms with van der Waals surface area (Å²) in [5, 5.41) is 2.87. The first-order chi connectivity index (χ1) is 12.4. The summed E-state index contributed by atoms with van der Waals surface area (Å²) in [6.07, 6.45) is -1.08. The van der Waals surface area contributed by atoms with E-state index in [1.807, 2.05) is 18.2 Å². The molecule has 0 unspecified atom stereocenters. The summed E-state index contributed by atoms with van der Waals surface area (Å²) in [6.45, 7) is -0.994. The number of amides is 1. The Morgan fingerprint density at radius 1 is 1.00 bits per heavy atom. The molecule has 1 aliphatic carbocycles. The van der Waals surface area contributed by atoms with Gasteiger partial charge in [-0.25, -0.2) is 0 Å². The van der Waals surface area contributed by atoms with Gasteiger partial charge in [-0.2, -0.15) is 13.2 Å². The first-order valence-corrected chi connectivity index (χ1v) is 8.53. The van der Waals surface area contributed by atoms with E-state index in [2.05, 4.69) is 10.1 Å². The zero-order valence-corrected chi connectivity index (χ0v) is 14.2. The van der Waals surface area contributed by atoms with Crippen molar-refractivity contribution in [2.24, 2.45) is 0 Å². The van der Waals surface area contributed by atoms with Crippen LogP contribution in [0.15, 0.2) is 42.5 Å². The number of benzene rings is 2. The van der Waals surface area contributed by atoms with Crippen LogP contribution in [0, 0.1) is 0 Å². The highest BCUT2D eigenvalue weighted by Gasteiger charge is 2.27. The number of halogens is 3. The maximum Gasteiger partial charge on any atom is 0.411 e. The van der Waals surface area contributed by atoms with E-state index < -0.39 is 12.8 Å². The van der Waals surface area contributed by atoms with Gasteiger partial charge >= 0.3 is 6.18 Å². The van der Waals surface area contributed by atoms with Gasteiger partial charge < -0.3 is 10.1 Å². The van der Waals surface area contributed by atoms with Gasteiger partial charge in [0.25, 0.3) is 5.91 Å². The quantitative estimate of drug-likeness (QED) is 0.836. The Kier molecular flexibility index (Phi) is 5.61. The molecule has 3 nitrogen and oxygen atoms in total. The summed E-state index contributed by atoms with van der Waals surface area (Å²) >= 11 is 0. The summed E-state index contributed by atoms with van der Waals surface area (Å²) in [5.74, 6) is -0.128. The van der Waals surface area contributed by atoms with Gasteiger partial charge in [0, 0.05) is 12.1 Å². The van der Waals surface area contributed by atoms with Crippen molar-refractivity contribution in [1.29, 1.82) is 0 Å². The van der Waals surface area contributed by atoms with Gasteiger partial charge in [0.15, 0.2) is 0 Å². The van der Waals surface area contributed by atoms with Crippen molar-refractivity contribution in [2.75, 3.05) is 6.61 Å². The van der Waals surface area contributed by atoms with Gasteiger partial charge in [0.1, 0.15) is 6.61 Å². The summed E-state index contributed by atoms with van der Waals surface area (Å²) < 4.78 is 40.8. The molecule has 0 radical (unpaired) electrons. The van der Waals surface area contributed by atoms with Crippen LogP contribution in [-0.4, -0.2) is 18.7 Å². The lowest BCUT2D eigenvalue weighted by molar-refractivity contribution is -0.176. The first kappa shape index (κ1) is 18.5. The molecule has 0 aromatic heterocycles. The van der Waals surface area contributed by atoms with Crippen molar-refractivity contribution in [3.8, 4) is 0 Å². The van der Waals surface area contributed by atoms with Crippen LogP contribution >= 0.6 is 0 Å². The van der Waals surface area contributed by atoms with Crippen LogP contribution in [0.1, 0.15) is 39.0 Å². The predicted octanol–water partition coefficient (Wildman–Crippen LogP) is 4.18. The molecule has 1 N–H and O–H groups in total. The number of carbonyl (C=O) groups excluding carboxylic acids is 1. The SMILES string of the molecule is O=C(NCc1ccc(COCC(F)(F)F)cc1)c1ccc2c(c1)CCC2. The van der Waals surface area contributed by atoms with Crippen molar-refractivity contribution < 1.29 is 22.7 Å². The number of aryl methyl sites for hydroxylation is 2. The van der Waals surface area contributed by atoms with Crippen LogP contribution in [-0.2, 0) is 30.7 Å². The van der Waals surface area contributed by atoms with Gasteiger partial charge in [0.05, 0.1) is 6.61 Å². The Morgan fingerprint density at radius 2 is 1.69 bits per heavy atom. The lowest BCUT2D eigenvalue weighted by Crippen LogP contribution is -2.22. The minimum atomic E-state index is -4.32. The van der Waals surface area contributed by atoms with E-state index >= 15 is 0 Å². The van der Waals surface area contributed by atoms with E-state index in [1.165, 1.54) is 11.1 Å². The van der Waals surface area contributed by atoms with Crippen LogP contribution < -0.4 is 5.32 Å². The average Bonchev–Trinajstić information content (AvgIpc) is 3.07. The van der Waals surface area contributed by atoms with Crippen LogP contribution in [0.3, 0.4) is 0 Å². The minimum absolute atomic E-state index is 0.0960. The second-order valence-electron chi connectivity index (χ2n) is 6.44. The molecule has 1 aliphatic rings. The number of carbonyl (C=O) groups is 1.